The van der Waals surface area contributed by atoms with Crippen LogP contribution >= 0.6 is 0 Å². The van der Waals surface area contributed by atoms with Crippen LogP contribution in [0.15, 0.2) is 84.9 Å². The van der Waals surface area contributed by atoms with Gasteiger partial charge in [-0.3, -0.25) is 0 Å². The van der Waals surface area contributed by atoms with Gasteiger partial charge in [0, 0.05) is 5.92 Å². The average Bonchev–Trinajstić information content (AvgIpc) is 2.84. The Bertz CT molecular complexity index is 938. The molecule has 3 aromatic carbocycles. The zero-order chi connectivity index (χ0) is 22.5. The Morgan fingerprint density at radius 1 is 0.719 bits per heavy atom. The van der Waals surface area contributed by atoms with Gasteiger partial charge in [-0.05, 0) is 22.3 Å². The molecule has 5 atom stereocenters. The first-order valence-electron chi connectivity index (χ1n) is 10.7. The molecular weight excluding hydrogens is 408 g/mol. The molecule has 0 spiro atoms. The molecule has 0 radical (unpaired) electrons. The number of aliphatic hydroxyl groups excluding tert-OH is 4. The van der Waals surface area contributed by atoms with E-state index in [1.807, 2.05) is 54.6 Å². The number of hydrogen-bond acceptors (Lipinski definition) is 6. The predicted molar refractivity (Wildman–Crippen MR) is 119 cm³/mol. The van der Waals surface area contributed by atoms with Crippen LogP contribution in [0.2, 0.25) is 0 Å². The summed E-state index contributed by atoms with van der Waals surface area (Å²) >= 11 is 0. The lowest BCUT2D eigenvalue weighted by molar-refractivity contribution is -0.304. The van der Waals surface area contributed by atoms with Crippen molar-refractivity contribution in [1.29, 1.82) is 0 Å². The third-order valence-corrected chi connectivity index (χ3v) is 5.88. The third-order valence-electron chi connectivity index (χ3n) is 5.88. The van der Waals surface area contributed by atoms with Crippen molar-refractivity contribution >= 4 is 0 Å². The Kier molecular flexibility index (Phi) is 7.32. The monoisotopic (exact) mass is 436 g/mol. The second-order valence-corrected chi connectivity index (χ2v) is 7.96. The Labute approximate surface area is 187 Å². The van der Waals surface area contributed by atoms with Gasteiger partial charge < -0.3 is 29.9 Å². The second kappa shape index (κ2) is 10.4. The largest absolute Gasteiger partial charge is 0.394 e. The summed E-state index contributed by atoms with van der Waals surface area (Å²) in [5.74, 6) is -0.0213. The predicted octanol–water partition coefficient (Wildman–Crippen LogP) is 2.18. The highest BCUT2D eigenvalue weighted by Crippen LogP contribution is 2.34. The molecule has 168 valence electrons. The first-order valence-corrected chi connectivity index (χ1v) is 10.7. The van der Waals surface area contributed by atoms with E-state index in [-0.39, 0.29) is 12.5 Å². The van der Waals surface area contributed by atoms with E-state index in [4.69, 9.17) is 9.47 Å². The molecule has 3 aromatic rings. The molecular formula is C26H28O6. The van der Waals surface area contributed by atoms with Crippen LogP contribution in [-0.2, 0) is 16.1 Å². The van der Waals surface area contributed by atoms with E-state index in [9.17, 15) is 20.4 Å². The summed E-state index contributed by atoms with van der Waals surface area (Å²) in [7, 11) is 0. The van der Waals surface area contributed by atoms with Gasteiger partial charge in [-0.1, -0.05) is 84.9 Å². The van der Waals surface area contributed by atoms with Crippen molar-refractivity contribution in [2.45, 2.75) is 43.2 Å². The van der Waals surface area contributed by atoms with E-state index in [2.05, 4.69) is 30.3 Å². The first kappa shape index (κ1) is 22.6. The number of hydrogen-bond donors (Lipinski definition) is 4. The molecule has 0 aromatic heterocycles. The normalized spacial score (nSPS) is 25.7. The molecule has 1 aliphatic rings. The molecule has 1 saturated heterocycles. The molecule has 6 heteroatoms. The molecule has 0 saturated carbocycles. The molecule has 0 bridgehead atoms. The molecule has 1 heterocycles. The maximum absolute atomic E-state index is 10.3. The van der Waals surface area contributed by atoms with Crippen LogP contribution in [0.25, 0.3) is 0 Å². The van der Waals surface area contributed by atoms with Crippen LogP contribution in [0.5, 0.6) is 0 Å². The van der Waals surface area contributed by atoms with Crippen LogP contribution in [0.4, 0.5) is 0 Å². The van der Waals surface area contributed by atoms with Crippen LogP contribution in [0.3, 0.4) is 0 Å². The van der Waals surface area contributed by atoms with Crippen molar-refractivity contribution in [3.63, 3.8) is 0 Å². The lowest BCUT2D eigenvalue weighted by Gasteiger charge is -2.39. The van der Waals surface area contributed by atoms with Gasteiger partial charge in [0.1, 0.15) is 24.4 Å². The minimum absolute atomic E-state index is 0.0213. The van der Waals surface area contributed by atoms with Gasteiger partial charge in [0.2, 0.25) is 0 Å². The molecule has 32 heavy (non-hydrogen) atoms. The SMILES string of the molecule is OC[C@H]1OC(OCc2ccccc2C(c2ccccc2)c2ccccc2)[C@H](O)[C@@H](O)[C@@H]1O. The van der Waals surface area contributed by atoms with Gasteiger partial charge in [-0.15, -0.1) is 0 Å². The highest BCUT2D eigenvalue weighted by atomic mass is 16.7. The minimum atomic E-state index is -1.47. The molecule has 4 N–H and O–H groups in total. The fourth-order valence-electron chi connectivity index (χ4n) is 4.17. The fraction of sp³-hybridized carbons (Fsp3) is 0.308. The summed E-state index contributed by atoms with van der Waals surface area (Å²) in [4.78, 5) is 0. The first-order chi connectivity index (χ1) is 15.6. The molecule has 1 fully saturated rings. The van der Waals surface area contributed by atoms with E-state index in [0.717, 1.165) is 22.3 Å². The van der Waals surface area contributed by atoms with Crippen molar-refractivity contribution in [3.05, 3.63) is 107 Å². The van der Waals surface area contributed by atoms with Gasteiger partial charge in [-0.25, -0.2) is 0 Å². The van der Waals surface area contributed by atoms with Crippen LogP contribution < -0.4 is 0 Å². The second-order valence-electron chi connectivity index (χ2n) is 7.96. The molecule has 1 unspecified atom stereocenters. The van der Waals surface area contributed by atoms with E-state index in [1.54, 1.807) is 0 Å². The summed E-state index contributed by atoms with van der Waals surface area (Å²) in [6, 6.07) is 28.3. The summed E-state index contributed by atoms with van der Waals surface area (Å²) < 4.78 is 11.3. The molecule has 0 aliphatic carbocycles. The Morgan fingerprint density at radius 3 is 1.88 bits per heavy atom. The van der Waals surface area contributed by atoms with Crippen LogP contribution in [0.1, 0.15) is 28.2 Å². The van der Waals surface area contributed by atoms with Crippen molar-refractivity contribution in [2.24, 2.45) is 0 Å². The minimum Gasteiger partial charge on any atom is -0.394 e. The topological polar surface area (TPSA) is 99.4 Å². The quantitative estimate of drug-likeness (QED) is 0.424. The van der Waals surface area contributed by atoms with E-state index < -0.39 is 37.3 Å². The van der Waals surface area contributed by atoms with Crippen molar-refractivity contribution < 1.29 is 29.9 Å². The van der Waals surface area contributed by atoms with Gasteiger partial charge >= 0.3 is 0 Å². The summed E-state index contributed by atoms with van der Waals surface area (Å²) in [6.07, 6.45) is -6.50. The van der Waals surface area contributed by atoms with Crippen molar-refractivity contribution in [2.75, 3.05) is 6.61 Å². The maximum Gasteiger partial charge on any atom is 0.187 e. The number of benzene rings is 3. The number of rotatable bonds is 7. The number of aliphatic hydroxyl groups is 4. The lowest BCUT2D eigenvalue weighted by Crippen LogP contribution is -2.59. The van der Waals surface area contributed by atoms with E-state index in [0.29, 0.717) is 0 Å². The Balaban J connectivity index is 1.62. The van der Waals surface area contributed by atoms with Crippen LogP contribution in [-0.4, -0.2) is 57.7 Å². The molecule has 4 rings (SSSR count). The van der Waals surface area contributed by atoms with Gasteiger partial charge in [0.05, 0.1) is 13.2 Å². The molecule has 6 nitrogen and oxygen atoms in total. The zero-order valence-electron chi connectivity index (χ0n) is 17.6. The fourth-order valence-corrected chi connectivity index (χ4v) is 4.17. The van der Waals surface area contributed by atoms with Gasteiger partial charge in [0.15, 0.2) is 6.29 Å². The third kappa shape index (κ3) is 4.76. The summed E-state index contributed by atoms with van der Waals surface area (Å²) in [5, 5.41) is 39.7. The lowest BCUT2D eigenvalue weighted by atomic mass is 9.83. The number of ether oxygens (including phenoxy) is 2. The average molecular weight is 437 g/mol. The van der Waals surface area contributed by atoms with E-state index in [1.165, 1.54) is 0 Å². The highest BCUT2D eigenvalue weighted by molar-refractivity contribution is 5.46. The Morgan fingerprint density at radius 2 is 1.28 bits per heavy atom. The van der Waals surface area contributed by atoms with Gasteiger partial charge in [0.25, 0.3) is 0 Å². The Hall–Kier alpha value is -2.58. The van der Waals surface area contributed by atoms with Crippen LogP contribution in [0, 0.1) is 0 Å². The standard InChI is InChI=1S/C26H28O6/c27-15-21-23(28)24(29)25(30)26(32-21)31-16-19-13-7-8-14-20(19)22(17-9-3-1-4-10-17)18-11-5-2-6-12-18/h1-14,21-30H,15-16H2/t21-,23-,24+,25-,26?/m1/s1. The summed E-state index contributed by atoms with van der Waals surface area (Å²) in [6.45, 7) is -0.374. The summed E-state index contributed by atoms with van der Waals surface area (Å²) in [5.41, 5.74) is 4.23. The highest BCUT2D eigenvalue weighted by Gasteiger charge is 2.44. The van der Waals surface area contributed by atoms with Gasteiger partial charge in [-0.2, -0.15) is 0 Å². The molecule has 1 aliphatic heterocycles. The molecule has 0 amide bonds. The van der Waals surface area contributed by atoms with Crippen molar-refractivity contribution in [3.8, 4) is 0 Å². The van der Waals surface area contributed by atoms with Crippen molar-refractivity contribution in [1.82, 2.24) is 0 Å². The van der Waals surface area contributed by atoms with E-state index >= 15 is 0 Å². The zero-order valence-corrected chi connectivity index (χ0v) is 17.6. The smallest absolute Gasteiger partial charge is 0.187 e. The maximum atomic E-state index is 10.3.